The molecule has 98 valence electrons. The first kappa shape index (κ1) is 11.9. The molecule has 0 radical (unpaired) electrons. The van der Waals surface area contributed by atoms with Crippen LogP contribution in [0.1, 0.15) is 25.7 Å². The van der Waals surface area contributed by atoms with Crippen LogP contribution in [0.5, 0.6) is 0 Å². The van der Waals surface area contributed by atoms with Gasteiger partial charge in [-0.3, -0.25) is 4.79 Å². The number of nitrogens with one attached hydrogen (secondary N) is 1. The standard InChI is InChI=1S/C14H15N3O2/c1-7(2)10(15)13-16-11-8-5-3-4-6-9(8)19-12(11)14(18)17-13/h3-7,10H,15H2,1-2H3,(H,16,17,18). The number of para-hydroxylation sites is 1. The van der Waals surface area contributed by atoms with Gasteiger partial charge in [-0.15, -0.1) is 0 Å². The average Bonchev–Trinajstić information content (AvgIpc) is 2.77. The second-order valence-electron chi connectivity index (χ2n) is 5.00. The van der Waals surface area contributed by atoms with Crippen LogP contribution in [-0.4, -0.2) is 9.97 Å². The molecule has 0 aliphatic rings. The van der Waals surface area contributed by atoms with E-state index in [1.165, 1.54) is 0 Å². The summed E-state index contributed by atoms with van der Waals surface area (Å²) in [5, 5.41) is 0.834. The number of furan rings is 1. The van der Waals surface area contributed by atoms with E-state index in [1.54, 1.807) is 0 Å². The van der Waals surface area contributed by atoms with Crippen molar-refractivity contribution in [2.45, 2.75) is 19.9 Å². The van der Waals surface area contributed by atoms with Crippen LogP contribution in [0.15, 0.2) is 33.5 Å². The molecule has 0 aliphatic heterocycles. The highest BCUT2D eigenvalue weighted by molar-refractivity contribution is 6.01. The first-order valence-corrected chi connectivity index (χ1v) is 6.25. The topological polar surface area (TPSA) is 84.9 Å². The molecule has 2 aromatic heterocycles. The van der Waals surface area contributed by atoms with Gasteiger partial charge >= 0.3 is 0 Å². The molecule has 1 unspecified atom stereocenters. The van der Waals surface area contributed by atoms with Gasteiger partial charge in [0.1, 0.15) is 16.9 Å². The van der Waals surface area contributed by atoms with Gasteiger partial charge in [0.25, 0.3) is 5.56 Å². The zero-order valence-electron chi connectivity index (χ0n) is 10.8. The molecule has 0 aliphatic carbocycles. The van der Waals surface area contributed by atoms with Crippen molar-refractivity contribution in [2.24, 2.45) is 11.7 Å². The Hall–Kier alpha value is -2.14. The molecule has 5 nitrogen and oxygen atoms in total. The van der Waals surface area contributed by atoms with Gasteiger partial charge in [0.05, 0.1) is 6.04 Å². The number of aromatic amines is 1. The summed E-state index contributed by atoms with van der Waals surface area (Å²) < 4.78 is 5.53. The Bertz CT molecular complexity index is 801. The monoisotopic (exact) mass is 257 g/mol. The zero-order chi connectivity index (χ0) is 13.6. The summed E-state index contributed by atoms with van der Waals surface area (Å²) in [4.78, 5) is 19.2. The molecule has 3 aromatic rings. The third kappa shape index (κ3) is 1.82. The molecule has 0 bridgehead atoms. The van der Waals surface area contributed by atoms with E-state index in [0.29, 0.717) is 16.9 Å². The summed E-state index contributed by atoms with van der Waals surface area (Å²) in [5.74, 6) is 0.692. The van der Waals surface area contributed by atoms with Gasteiger partial charge in [-0.2, -0.15) is 0 Å². The smallest absolute Gasteiger partial charge is 0.294 e. The number of nitrogens with two attached hydrogens (primary N) is 1. The lowest BCUT2D eigenvalue weighted by molar-refractivity contribution is 0.490. The Balaban J connectivity index is 2.35. The van der Waals surface area contributed by atoms with Gasteiger partial charge in [-0.25, -0.2) is 4.98 Å². The van der Waals surface area contributed by atoms with E-state index < -0.39 is 0 Å². The largest absolute Gasteiger partial charge is 0.449 e. The van der Waals surface area contributed by atoms with Crippen LogP contribution in [0.4, 0.5) is 0 Å². The van der Waals surface area contributed by atoms with Crippen molar-refractivity contribution in [1.29, 1.82) is 0 Å². The van der Waals surface area contributed by atoms with Gasteiger partial charge in [0, 0.05) is 5.39 Å². The number of H-pyrrole nitrogens is 1. The summed E-state index contributed by atoms with van der Waals surface area (Å²) in [6.45, 7) is 3.98. The highest BCUT2D eigenvalue weighted by Crippen LogP contribution is 2.25. The highest BCUT2D eigenvalue weighted by Gasteiger charge is 2.18. The van der Waals surface area contributed by atoms with Crippen LogP contribution in [0, 0.1) is 5.92 Å². The normalized spacial score (nSPS) is 13.5. The zero-order valence-corrected chi connectivity index (χ0v) is 10.8. The van der Waals surface area contributed by atoms with E-state index in [9.17, 15) is 4.79 Å². The maximum absolute atomic E-state index is 12.1. The van der Waals surface area contributed by atoms with Crippen LogP contribution < -0.4 is 11.3 Å². The molecule has 0 saturated carbocycles. The molecule has 3 rings (SSSR count). The van der Waals surface area contributed by atoms with Gasteiger partial charge < -0.3 is 15.1 Å². The molecule has 0 spiro atoms. The molecule has 0 fully saturated rings. The number of fused-ring (bicyclic) bond motifs is 3. The Morgan fingerprint density at radius 3 is 2.79 bits per heavy atom. The van der Waals surface area contributed by atoms with E-state index in [-0.39, 0.29) is 23.1 Å². The number of hydrogen-bond acceptors (Lipinski definition) is 4. The fourth-order valence-corrected chi connectivity index (χ4v) is 2.09. The van der Waals surface area contributed by atoms with Gasteiger partial charge in [-0.05, 0) is 18.1 Å². The lowest BCUT2D eigenvalue weighted by atomic mass is 10.1. The summed E-state index contributed by atoms with van der Waals surface area (Å²) in [6, 6.07) is 7.16. The van der Waals surface area contributed by atoms with Gasteiger partial charge in [-0.1, -0.05) is 26.0 Å². The molecule has 5 heteroatoms. The van der Waals surface area contributed by atoms with Crippen molar-refractivity contribution in [3.63, 3.8) is 0 Å². The molecule has 1 atom stereocenters. The van der Waals surface area contributed by atoms with Crippen molar-refractivity contribution >= 4 is 22.1 Å². The lowest BCUT2D eigenvalue weighted by Crippen LogP contribution is -2.23. The summed E-state index contributed by atoms with van der Waals surface area (Å²) >= 11 is 0. The first-order valence-electron chi connectivity index (χ1n) is 6.25. The molecule has 2 heterocycles. The van der Waals surface area contributed by atoms with Crippen LogP contribution in [0.2, 0.25) is 0 Å². The number of aromatic nitrogens is 2. The van der Waals surface area contributed by atoms with Crippen molar-refractivity contribution in [3.05, 3.63) is 40.4 Å². The third-order valence-electron chi connectivity index (χ3n) is 3.28. The van der Waals surface area contributed by atoms with Gasteiger partial charge in [0.15, 0.2) is 0 Å². The Labute approximate surface area is 109 Å². The van der Waals surface area contributed by atoms with Crippen LogP contribution >= 0.6 is 0 Å². The van der Waals surface area contributed by atoms with Crippen LogP contribution in [-0.2, 0) is 0 Å². The molecule has 3 N–H and O–H groups in total. The SMILES string of the molecule is CC(C)C(N)c1nc2c(oc3ccccc32)c(=O)[nH]1. The maximum Gasteiger partial charge on any atom is 0.294 e. The Morgan fingerprint density at radius 2 is 2.05 bits per heavy atom. The predicted octanol–water partition coefficient (Wildman–Crippen LogP) is 2.33. The fourth-order valence-electron chi connectivity index (χ4n) is 2.09. The van der Waals surface area contributed by atoms with Crippen LogP contribution in [0.3, 0.4) is 0 Å². The Morgan fingerprint density at radius 1 is 1.32 bits per heavy atom. The van der Waals surface area contributed by atoms with Crippen LogP contribution in [0.25, 0.3) is 22.1 Å². The minimum absolute atomic E-state index is 0.193. The maximum atomic E-state index is 12.1. The number of hydrogen-bond donors (Lipinski definition) is 2. The van der Waals surface area contributed by atoms with E-state index in [4.69, 9.17) is 10.2 Å². The second-order valence-corrected chi connectivity index (χ2v) is 5.00. The Kier molecular flexibility index (Phi) is 2.64. The quantitative estimate of drug-likeness (QED) is 0.737. The fraction of sp³-hybridized carbons (Fsp3) is 0.286. The van der Waals surface area contributed by atoms with Crippen molar-refractivity contribution in [1.82, 2.24) is 9.97 Å². The van der Waals surface area contributed by atoms with E-state index in [0.717, 1.165) is 5.39 Å². The molecular weight excluding hydrogens is 242 g/mol. The third-order valence-corrected chi connectivity index (χ3v) is 3.28. The molecule has 0 saturated heterocycles. The van der Waals surface area contributed by atoms with Crippen molar-refractivity contribution < 1.29 is 4.42 Å². The average molecular weight is 257 g/mol. The summed E-state index contributed by atoms with van der Waals surface area (Å²) in [6.07, 6.45) is 0. The number of rotatable bonds is 2. The van der Waals surface area contributed by atoms with E-state index in [2.05, 4.69) is 9.97 Å². The van der Waals surface area contributed by atoms with Crippen molar-refractivity contribution in [3.8, 4) is 0 Å². The van der Waals surface area contributed by atoms with Crippen molar-refractivity contribution in [2.75, 3.05) is 0 Å². The van der Waals surface area contributed by atoms with Gasteiger partial charge in [0.2, 0.25) is 5.58 Å². The number of nitrogens with zero attached hydrogens (tertiary/aromatic N) is 1. The molecule has 19 heavy (non-hydrogen) atoms. The second kappa shape index (κ2) is 4.20. The summed E-state index contributed by atoms with van der Waals surface area (Å²) in [7, 11) is 0. The molecule has 0 amide bonds. The molecular formula is C14H15N3O2. The highest BCUT2D eigenvalue weighted by atomic mass is 16.3. The van der Waals surface area contributed by atoms with E-state index in [1.807, 2.05) is 38.1 Å². The number of benzene rings is 1. The first-order chi connectivity index (χ1) is 9.08. The molecule has 1 aromatic carbocycles. The van der Waals surface area contributed by atoms with E-state index >= 15 is 0 Å². The minimum atomic E-state index is -0.300. The lowest BCUT2D eigenvalue weighted by Gasteiger charge is -2.13. The minimum Gasteiger partial charge on any atom is -0.449 e. The predicted molar refractivity (Wildman–Crippen MR) is 73.9 cm³/mol. The summed E-state index contributed by atoms with van der Waals surface area (Å²) in [5.41, 5.74) is 7.25.